The minimum Gasteiger partial charge on any atom is -0.390 e. The fourth-order valence-corrected chi connectivity index (χ4v) is 3.62. The van der Waals surface area contributed by atoms with E-state index in [-0.39, 0.29) is 6.10 Å². The Labute approximate surface area is 150 Å². The van der Waals surface area contributed by atoms with Gasteiger partial charge in [-0.1, -0.05) is 38.1 Å². The van der Waals surface area contributed by atoms with Crippen LogP contribution in [0.5, 0.6) is 0 Å². The first-order chi connectivity index (χ1) is 12.0. The number of aliphatic hydroxyl groups is 1. The molecular formula is C20H30N4O. The Bertz CT molecular complexity index is 695. The molecule has 0 aliphatic carbocycles. The van der Waals surface area contributed by atoms with Crippen LogP contribution in [-0.2, 0) is 26.6 Å². The highest BCUT2D eigenvalue weighted by molar-refractivity contribution is 5.29. The molecule has 0 saturated carbocycles. The Morgan fingerprint density at radius 1 is 1.24 bits per heavy atom. The summed E-state index contributed by atoms with van der Waals surface area (Å²) >= 11 is 0. The number of benzene rings is 1. The van der Waals surface area contributed by atoms with Crippen molar-refractivity contribution in [3.05, 3.63) is 52.8 Å². The molecule has 0 amide bonds. The van der Waals surface area contributed by atoms with Gasteiger partial charge >= 0.3 is 0 Å². The molecular weight excluding hydrogens is 312 g/mol. The summed E-state index contributed by atoms with van der Waals surface area (Å²) in [4.78, 5) is 2.35. The molecule has 25 heavy (non-hydrogen) atoms. The lowest BCUT2D eigenvalue weighted by Crippen LogP contribution is -2.40. The predicted octanol–water partition coefficient (Wildman–Crippen LogP) is 2.05. The van der Waals surface area contributed by atoms with E-state index >= 15 is 0 Å². The van der Waals surface area contributed by atoms with Crippen LogP contribution in [0.2, 0.25) is 0 Å². The second-order valence-corrected chi connectivity index (χ2v) is 7.41. The van der Waals surface area contributed by atoms with Gasteiger partial charge in [0.1, 0.15) is 0 Å². The fourth-order valence-electron chi connectivity index (χ4n) is 3.62. The monoisotopic (exact) mass is 342 g/mol. The summed E-state index contributed by atoms with van der Waals surface area (Å²) in [5, 5.41) is 18.3. The van der Waals surface area contributed by atoms with Crippen LogP contribution in [0.4, 0.5) is 0 Å². The van der Waals surface area contributed by atoms with E-state index in [1.54, 1.807) is 0 Å². The maximum atomic E-state index is 10.4. The lowest BCUT2D eigenvalue weighted by Gasteiger charge is -2.30. The van der Waals surface area contributed by atoms with Gasteiger partial charge < -0.3 is 10.4 Å². The molecule has 0 bridgehead atoms. The second kappa shape index (κ2) is 8.13. The first kappa shape index (κ1) is 18.1. The van der Waals surface area contributed by atoms with E-state index in [0.717, 1.165) is 31.7 Å². The lowest BCUT2D eigenvalue weighted by atomic mass is 10.00. The third kappa shape index (κ3) is 4.69. The number of fused-ring (bicyclic) bond motifs is 1. The van der Waals surface area contributed by atoms with E-state index < -0.39 is 0 Å². The van der Waals surface area contributed by atoms with E-state index in [4.69, 9.17) is 0 Å². The van der Waals surface area contributed by atoms with Gasteiger partial charge in [0.2, 0.25) is 0 Å². The van der Waals surface area contributed by atoms with Gasteiger partial charge in [-0.05, 0) is 23.5 Å². The number of aromatic nitrogens is 2. The van der Waals surface area contributed by atoms with Crippen LogP contribution in [0.15, 0.2) is 30.5 Å². The zero-order chi connectivity index (χ0) is 17.8. The van der Waals surface area contributed by atoms with Gasteiger partial charge in [0.15, 0.2) is 0 Å². The normalized spacial score (nSPS) is 16.2. The number of β-amino-alcohol motifs (C(OH)–C–C–N with tert-alkyl or cyclic N) is 1. The van der Waals surface area contributed by atoms with E-state index in [2.05, 4.69) is 59.6 Å². The molecule has 5 nitrogen and oxygen atoms in total. The fraction of sp³-hybridized carbons (Fsp3) is 0.550. The van der Waals surface area contributed by atoms with Crippen molar-refractivity contribution in [2.45, 2.75) is 45.4 Å². The molecule has 0 radical (unpaired) electrons. The number of nitrogens with one attached hydrogen (secondary N) is 1. The maximum absolute atomic E-state index is 10.4. The van der Waals surface area contributed by atoms with E-state index in [9.17, 15) is 5.11 Å². The molecule has 0 unspecified atom stereocenters. The molecule has 136 valence electrons. The van der Waals surface area contributed by atoms with Gasteiger partial charge in [0.05, 0.1) is 11.8 Å². The summed E-state index contributed by atoms with van der Waals surface area (Å²) < 4.78 is 1.87. The number of hydrogen-bond donors (Lipinski definition) is 2. The molecule has 2 aromatic rings. The van der Waals surface area contributed by atoms with Gasteiger partial charge in [0.25, 0.3) is 0 Å². The van der Waals surface area contributed by atoms with Crippen molar-refractivity contribution in [3.63, 3.8) is 0 Å². The second-order valence-electron chi connectivity index (χ2n) is 7.41. The molecule has 1 aliphatic rings. The van der Waals surface area contributed by atoms with Crippen LogP contribution in [0, 0.1) is 0 Å². The summed E-state index contributed by atoms with van der Waals surface area (Å²) in [6, 6.07) is 8.62. The Kier molecular flexibility index (Phi) is 5.89. The smallest absolute Gasteiger partial charge is 0.0791 e. The minimum atomic E-state index is -0.357. The zero-order valence-electron chi connectivity index (χ0n) is 15.6. The quantitative estimate of drug-likeness (QED) is 0.809. The zero-order valence-corrected chi connectivity index (χ0v) is 15.6. The third-order valence-corrected chi connectivity index (χ3v) is 4.86. The van der Waals surface area contributed by atoms with Crippen LogP contribution in [0.3, 0.4) is 0 Å². The van der Waals surface area contributed by atoms with Crippen LogP contribution in [0.25, 0.3) is 0 Å². The predicted molar refractivity (Wildman–Crippen MR) is 100 cm³/mol. The highest BCUT2D eigenvalue weighted by Gasteiger charge is 2.18. The van der Waals surface area contributed by atoms with Crippen LogP contribution >= 0.6 is 0 Å². The summed E-state index contributed by atoms with van der Waals surface area (Å²) in [5.41, 5.74) is 5.20. The van der Waals surface area contributed by atoms with Crippen molar-refractivity contribution in [3.8, 4) is 0 Å². The van der Waals surface area contributed by atoms with Crippen LogP contribution in [-0.4, -0.2) is 45.5 Å². The third-order valence-electron chi connectivity index (χ3n) is 4.86. The van der Waals surface area contributed by atoms with Gasteiger partial charge in [-0.2, -0.15) is 5.10 Å². The molecule has 2 heterocycles. The summed E-state index contributed by atoms with van der Waals surface area (Å²) in [6.45, 7) is 8.35. The van der Waals surface area contributed by atoms with Crippen LogP contribution in [0.1, 0.15) is 42.1 Å². The largest absolute Gasteiger partial charge is 0.390 e. The van der Waals surface area contributed by atoms with Crippen molar-refractivity contribution < 1.29 is 5.11 Å². The Morgan fingerprint density at radius 3 is 2.76 bits per heavy atom. The van der Waals surface area contributed by atoms with E-state index in [0.29, 0.717) is 19.0 Å². The molecule has 1 aromatic heterocycles. The maximum Gasteiger partial charge on any atom is 0.0791 e. The van der Waals surface area contributed by atoms with E-state index in [1.807, 2.05) is 11.7 Å². The molecule has 1 aliphatic heterocycles. The van der Waals surface area contributed by atoms with Crippen molar-refractivity contribution in [2.24, 2.45) is 7.05 Å². The van der Waals surface area contributed by atoms with E-state index in [1.165, 1.54) is 16.7 Å². The van der Waals surface area contributed by atoms with Crippen molar-refractivity contribution in [2.75, 3.05) is 19.6 Å². The molecule has 0 fully saturated rings. The van der Waals surface area contributed by atoms with Crippen molar-refractivity contribution in [1.29, 1.82) is 0 Å². The molecule has 0 spiro atoms. The summed E-state index contributed by atoms with van der Waals surface area (Å²) in [5.74, 6) is 0.413. The highest BCUT2D eigenvalue weighted by atomic mass is 16.3. The number of rotatable bonds is 7. The first-order valence-electron chi connectivity index (χ1n) is 9.23. The van der Waals surface area contributed by atoms with Gasteiger partial charge in [-0.3, -0.25) is 9.58 Å². The van der Waals surface area contributed by atoms with Crippen LogP contribution < -0.4 is 5.32 Å². The van der Waals surface area contributed by atoms with Crippen molar-refractivity contribution in [1.82, 2.24) is 20.0 Å². The Morgan fingerprint density at radius 2 is 2.00 bits per heavy atom. The SMILES string of the molecule is CC(C)c1nn(C)cc1CNC[C@H](O)CN1CCc2ccccc2C1. The molecule has 1 atom stereocenters. The van der Waals surface area contributed by atoms with Gasteiger partial charge in [-0.25, -0.2) is 0 Å². The summed E-state index contributed by atoms with van der Waals surface area (Å²) in [6.07, 6.45) is 2.78. The van der Waals surface area contributed by atoms with Gasteiger partial charge in [-0.15, -0.1) is 0 Å². The Hall–Kier alpha value is -1.69. The lowest BCUT2D eigenvalue weighted by molar-refractivity contribution is 0.104. The Balaban J connectivity index is 1.45. The molecule has 3 rings (SSSR count). The molecule has 5 heteroatoms. The molecule has 0 saturated heterocycles. The minimum absolute atomic E-state index is 0.357. The number of hydrogen-bond acceptors (Lipinski definition) is 4. The first-order valence-corrected chi connectivity index (χ1v) is 9.23. The number of nitrogens with zero attached hydrogens (tertiary/aromatic N) is 3. The number of aliphatic hydroxyl groups excluding tert-OH is 1. The molecule has 1 aromatic carbocycles. The average Bonchev–Trinajstić information content (AvgIpc) is 2.96. The molecule has 2 N–H and O–H groups in total. The van der Waals surface area contributed by atoms with Crippen molar-refractivity contribution >= 4 is 0 Å². The topological polar surface area (TPSA) is 53.3 Å². The standard InChI is InChI=1S/C20H30N4O/c1-15(2)20-18(12-23(3)22-20)10-21-11-19(25)14-24-9-8-16-6-4-5-7-17(16)13-24/h4-7,12,15,19,21,25H,8-11,13-14H2,1-3H3/t19-/m0/s1. The average molecular weight is 342 g/mol. The number of aryl methyl sites for hydroxylation is 1. The summed E-state index contributed by atoms with van der Waals surface area (Å²) in [7, 11) is 1.96. The highest BCUT2D eigenvalue weighted by Crippen LogP contribution is 2.19. The van der Waals surface area contributed by atoms with Gasteiger partial charge in [0, 0.05) is 51.5 Å².